The van der Waals surface area contributed by atoms with E-state index in [1.807, 2.05) is 12.1 Å². The largest absolute Gasteiger partial charge is 0.417 e. The second-order valence-corrected chi connectivity index (χ2v) is 5.46. The first-order valence-corrected chi connectivity index (χ1v) is 5.81. The van der Waals surface area contributed by atoms with Crippen molar-refractivity contribution in [2.24, 2.45) is 5.41 Å². The summed E-state index contributed by atoms with van der Waals surface area (Å²) in [6, 6.07) is 5.61. The van der Waals surface area contributed by atoms with Gasteiger partial charge in [-0.2, -0.15) is 0 Å². The molecule has 2 rings (SSSR count). The lowest BCUT2D eigenvalue weighted by atomic mass is 9.92. The van der Waals surface area contributed by atoms with Crippen molar-refractivity contribution >= 4 is 16.8 Å². The lowest BCUT2D eigenvalue weighted by molar-refractivity contribution is 0.390. The van der Waals surface area contributed by atoms with Crippen LogP contribution in [0.25, 0.3) is 11.1 Å². The van der Waals surface area contributed by atoms with Crippen molar-refractivity contribution in [3.8, 4) is 0 Å². The predicted octanol–water partition coefficient (Wildman–Crippen LogP) is 2.97. The molecule has 92 valence electrons. The van der Waals surface area contributed by atoms with Gasteiger partial charge >= 0.3 is 5.76 Å². The topological polar surface area (TPSA) is 58.0 Å². The van der Waals surface area contributed by atoms with Crippen LogP contribution in [0.4, 0.5) is 5.69 Å². The minimum atomic E-state index is -0.410. The zero-order valence-electron chi connectivity index (χ0n) is 10.5. The van der Waals surface area contributed by atoms with E-state index >= 15 is 0 Å². The lowest BCUT2D eigenvalue weighted by Gasteiger charge is -2.18. The summed E-state index contributed by atoms with van der Waals surface area (Å²) in [5.74, 6) is -0.410. The molecular formula is C13H18N2O2. The fraction of sp³-hybridized carbons (Fsp3) is 0.462. The Labute approximate surface area is 100 Å². The van der Waals surface area contributed by atoms with Crippen molar-refractivity contribution in [1.29, 1.82) is 0 Å². The van der Waals surface area contributed by atoms with Crippen LogP contribution in [0.3, 0.4) is 0 Å². The van der Waals surface area contributed by atoms with Gasteiger partial charge in [-0.3, -0.25) is 4.98 Å². The summed E-state index contributed by atoms with van der Waals surface area (Å²) in [4.78, 5) is 13.6. The van der Waals surface area contributed by atoms with E-state index in [4.69, 9.17) is 4.42 Å². The number of benzene rings is 1. The van der Waals surface area contributed by atoms with Gasteiger partial charge in [0.25, 0.3) is 0 Å². The molecule has 0 bridgehead atoms. The number of fused-ring (bicyclic) bond motifs is 1. The van der Waals surface area contributed by atoms with E-state index < -0.39 is 5.76 Å². The minimum absolute atomic E-state index is 0.320. The van der Waals surface area contributed by atoms with E-state index in [1.165, 1.54) is 0 Å². The van der Waals surface area contributed by atoms with Gasteiger partial charge in [0.15, 0.2) is 5.58 Å². The predicted molar refractivity (Wildman–Crippen MR) is 69.4 cm³/mol. The highest BCUT2D eigenvalue weighted by Gasteiger charge is 2.09. The van der Waals surface area contributed by atoms with Crippen LogP contribution in [0.1, 0.15) is 27.2 Å². The molecule has 17 heavy (non-hydrogen) atoms. The van der Waals surface area contributed by atoms with Crippen LogP contribution in [0.5, 0.6) is 0 Å². The molecule has 2 aromatic rings. The van der Waals surface area contributed by atoms with Crippen molar-refractivity contribution in [1.82, 2.24) is 4.98 Å². The Balaban J connectivity index is 2.06. The summed E-state index contributed by atoms with van der Waals surface area (Å²) in [7, 11) is 0. The Morgan fingerprint density at radius 1 is 1.35 bits per heavy atom. The number of H-pyrrole nitrogens is 1. The number of rotatable bonds is 3. The van der Waals surface area contributed by atoms with Gasteiger partial charge in [0.05, 0.1) is 5.52 Å². The summed E-state index contributed by atoms with van der Waals surface area (Å²) >= 11 is 0. The van der Waals surface area contributed by atoms with Crippen LogP contribution in [-0.4, -0.2) is 11.5 Å². The molecule has 2 N–H and O–H groups in total. The van der Waals surface area contributed by atoms with Crippen molar-refractivity contribution in [3.05, 3.63) is 28.7 Å². The molecule has 0 aliphatic rings. The van der Waals surface area contributed by atoms with Gasteiger partial charge in [0.1, 0.15) is 0 Å². The van der Waals surface area contributed by atoms with Crippen LogP contribution in [0.15, 0.2) is 27.4 Å². The number of nitrogens with one attached hydrogen (secondary N) is 2. The van der Waals surface area contributed by atoms with E-state index in [9.17, 15) is 4.79 Å². The molecule has 0 saturated carbocycles. The first-order chi connectivity index (χ1) is 7.94. The van der Waals surface area contributed by atoms with Gasteiger partial charge in [0.2, 0.25) is 0 Å². The number of hydrogen-bond donors (Lipinski definition) is 2. The molecule has 0 amide bonds. The molecule has 1 aromatic carbocycles. The van der Waals surface area contributed by atoms with Crippen LogP contribution in [0.2, 0.25) is 0 Å². The Bertz CT molecular complexity index is 561. The molecule has 0 aliphatic carbocycles. The fourth-order valence-electron chi connectivity index (χ4n) is 1.64. The highest BCUT2D eigenvalue weighted by molar-refractivity contribution is 5.76. The average Bonchev–Trinajstić information content (AvgIpc) is 2.55. The van der Waals surface area contributed by atoms with E-state index in [1.54, 1.807) is 6.07 Å². The van der Waals surface area contributed by atoms with Crippen molar-refractivity contribution in [3.63, 3.8) is 0 Å². The van der Waals surface area contributed by atoms with Gasteiger partial charge in [-0.15, -0.1) is 0 Å². The van der Waals surface area contributed by atoms with Crippen molar-refractivity contribution < 1.29 is 4.42 Å². The van der Waals surface area contributed by atoms with E-state index in [0.29, 0.717) is 11.0 Å². The van der Waals surface area contributed by atoms with Gasteiger partial charge in [-0.25, -0.2) is 4.79 Å². The Kier molecular flexibility index (Phi) is 2.96. The Morgan fingerprint density at radius 3 is 2.82 bits per heavy atom. The molecule has 0 unspecified atom stereocenters. The molecule has 1 heterocycles. The minimum Gasteiger partial charge on any atom is -0.408 e. The lowest BCUT2D eigenvalue weighted by Crippen LogP contribution is -2.12. The molecule has 1 aromatic heterocycles. The monoisotopic (exact) mass is 234 g/mol. The van der Waals surface area contributed by atoms with E-state index in [-0.39, 0.29) is 0 Å². The first kappa shape index (κ1) is 11.8. The summed E-state index contributed by atoms with van der Waals surface area (Å²) in [6.07, 6.45) is 1.09. The first-order valence-electron chi connectivity index (χ1n) is 5.81. The molecule has 0 saturated heterocycles. The summed E-state index contributed by atoms with van der Waals surface area (Å²) < 4.78 is 4.94. The third-order valence-electron chi connectivity index (χ3n) is 2.62. The highest BCUT2D eigenvalue weighted by atomic mass is 16.4. The number of hydrogen-bond acceptors (Lipinski definition) is 3. The Hall–Kier alpha value is -1.71. The molecule has 0 spiro atoms. The molecule has 4 heteroatoms. The van der Waals surface area contributed by atoms with Crippen LogP contribution >= 0.6 is 0 Å². The van der Waals surface area contributed by atoms with Gasteiger partial charge < -0.3 is 9.73 Å². The molecule has 0 aliphatic heterocycles. The number of aromatic nitrogens is 1. The normalized spacial score (nSPS) is 11.9. The summed E-state index contributed by atoms with van der Waals surface area (Å²) in [5, 5.41) is 3.34. The summed E-state index contributed by atoms with van der Waals surface area (Å²) in [6.45, 7) is 7.55. The third-order valence-corrected chi connectivity index (χ3v) is 2.62. The van der Waals surface area contributed by atoms with Crippen LogP contribution in [0, 0.1) is 5.41 Å². The van der Waals surface area contributed by atoms with Crippen molar-refractivity contribution in [2.75, 3.05) is 11.9 Å². The summed E-state index contributed by atoms with van der Waals surface area (Å²) in [5.41, 5.74) is 2.65. The SMILES string of the molecule is CC(C)(C)CCNc1ccc2oc(=O)[nH]c2c1. The van der Waals surface area contributed by atoms with Gasteiger partial charge in [-0.05, 0) is 30.0 Å². The second kappa shape index (κ2) is 4.28. The van der Waals surface area contributed by atoms with Crippen molar-refractivity contribution in [2.45, 2.75) is 27.2 Å². The Morgan fingerprint density at radius 2 is 2.12 bits per heavy atom. The average molecular weight is 234 g/mol. The van der Waals surface area contributed by atoms with Gasteiger partial charge in [0, 0.05) is 12.2 Å². The molecule has 0 radical (unpaired) electrons. The second-order valence-electron chi connectivity index (χ2n) is 5.46. The molecular weight excluding hydrogens is 216 g/mol. The third kappa shape index (κ3) is 3.12. The highest BCUT2D eigenvalue weighted by Crippen LogP contribution is 2.20. The van der Waals surface area contributed by atoms with Gasteiger partial charge in [-0.1, -0.05) is 20.8 Å². The number of oxazole rings is 1. The quantitative estimate of drug-likeness (QED) is 0.858. The van der Waals surface area contributed by atoms with Crippen LogP contribution < -0.4 is 11.1 Å². The number of anilines is 1. The maximum atomic E-state index is 11.0. The zero-order valence-corrected chi connectivity index (χ0v) is 10.5. The molecule has 0 atom stereocenters. The zero-order chi connectivity index (χ0) is 12.5. The van der Waals surface area contributed by atoms with Crippen LogP contribution in [-0.2, 0) is 0 Å². The van der Waals surface area contributed by atoms with E-state index in [2.05, 4.69) is 31.1 Å². The standard InChI is InChI=1S/C13H18N2O2/c1-13(2,3)6-7-14-9-4-5-11-10(8-9)15-12(16)17-11/h4-5,8,14H,6-7H2,1-3H3,(H,15,16). The fourth-order valence-corrected chi connectivity index (χ4v) is 1.64. The molecule has 0 fully saturated rings. The van der Waals surface area contributed by atoms with E-state index in [0.717, 1.165) is 24.2 Å². The maximum Gasteiger partial charge on any atom is 0.417 e. The molecule has 4 nitrogen and oxygen atoms in total. The maximum absolute atomic E-state index is 11.0. The smallest absolute Gasteiger partial charge is 0.408 e. The number of aromatic amines is 1.